The molecule has 1 unspecified atom stereocenters. The number of nitrogens with zero attached hydrogens (tertiary/aromatic N) is 5. The lowest BCUT2D eigenvalue weighted by Crippen LogP contribution is -2.49. The molecule has 15 heteroatoms. The molecular formula is C25H19F7N6O2. The highest BCUT2D eigenvalue weighted by molar-refractivity contribution is 5.86. The van der Waals surface area contributed by atoms with Crippen molar-refractivity contribution in [3.8, 4) is 11.4 Å². The third-order valence-electron chi connectivity index (χ3n) is 6.79. The van der Waals surface area contributed by atoms with Crippen molar-refractivity contribution in [3.63, 3.8) is 0 Å². The quantitative estimate of drug-likeness (QED) is 0.337. The standard InChI is InChI=1S/C25H19F7N6O2/c26-18-9-16-13(8-17(18)21-33-10-14(11-34-21)24(27,28)29)3-6-37(23(16)40)5-1-2-15-4-7-38(15)19-12-35-36-22(39)20(19)25(30,31)32/h3,6,8-12,15H,1-2,4-5,7H2,(H,36,39). The smallest absolute Gasteiger partial charge is 0.366 e. The highest BCUT2D eigenvalue weighted by Crippen LogP contribution is 2.38. The van der Waals surface area contributed by atoms with Gasteiger partial charge in [0.2, 0.25) is 0 Å². The fourth-order valence-electron chi connectivity index (χ4n) is 4.70. The van der Waals surface area contributed by atoms with Crippen molar-refractivity contribution in [2.24, 2.45) is 0 Å². The number of anilines is 1. The van der Waals surface area contributed by atoms with Crippen molar-refractivity contribution in [1.82, 2.24) is 24.7 Å². The van der Waals surface area contributed by atoms with E-state index < -0.39 is 40.4 Å². The Hall–Kier alpha value is -4.30. The van der Waals surface area contributed by atoms with E-state index in [2.05, 4.69) is 15.1 Å². The molecule has 0 saturated carbocycles. The maximum atomic E-state index is 14.8. The number of H-pyrrole nitrogens is 1. The summed E-state index contributed by atoms with van der Waals surface area (Å²) in [6.07, 6.45) is -4.53. The van der Waals surface area contributed by atoms with Crippen LogP contribution in [0.4, 0.5) is 36.4 Å². The van der Waals surface area contributed by atoms with Crippen molar-refractivity contribution in [2.75, 3.05) is 11.4 Å². The van der Waals surface area contributed by atoms with Crippen LogP contribution in [0.1, 0.15) is 30.4 Å². The van der Waals surface area contributed by atoms with E-state index in [-0.39, 0.29) is 35.0 Å². The molecule has 4 heterocycles. The first-order chi connectivity index (χ1) is 18.8. The number of alkyl halides is 6. The van der Waals surface area contributed by atoms with Gasteiger partial charge in [0.1, 0.15) is 11.4 Å². The summed E-state index contributed by atoms with van der Waals surface area (Å²) in [6, 6.07) is 3.50. The van der Waals surface area contributed by atoms with Crippen LogP contribution in [-0.4, -0.2) is 37.3 Å². The summed E-state index contributed by atoms with van der Waals surface area (Å²) < 4.78 is 94.8. The van der Waals surface area contributed by atoms with Gasteiger partial charge in [-0.25, -0.2) is 19.5 Å². The monoisotopic (exact) mass is 568 g/mol. The molecule has 1 atom stereocenters. The molecule has 0 aliphatic carbocycles. The third-order valence-corrected chi connectivity index (χ3v) is 6.79. The largest absolute Gasteiger partial charge is 0.423 e. The van der Waals surface area contributed by atoms with Crippen LogP contribution in [0.5, 0.6) is 0 Å². The molecule has 1 saturated heterocycles. The van der Waals surface area contributed by atoms with Crippen molar-refractivity contribution >= 4 is 16.5 Å². The first-order valence-corrected chi connectivity index (χ1v) is 12.0. The van der Waals surface area contributed by atoms with Crippen LogP contribution in [0.2, 0.25) is 0 Å². The minimum absolute atomic E-state index is 0.0327. The van der Waals surface area contributed by atoms with Crippen LogP contribution < -0.4 is 16.0 Å². The molecule has 0 spiro atoms. The predicted octanol–water partition coefficient (Wildman–Crippen LogP) is 4.78. The van der Waals surface area contributed by atoms with E-state index in [9.17, 15) is 40.3 Å². The fourth-order valence-corrected chi connectivity index (χ4v) is 4.70. The number of aromatic nitrogens is 5. The van der Waals surface area contributed by atoms with E-state index >= 15 is 0 Å². The van der Waals surface area contributed by atoms with E-state index in [0.29, 0.717) is 43.6 Å². The van der Waals surface area contributed by atoms with Crippen molar-refractivity contribution in [1.29, 1.82) is 0 Å². The second kappa shape index (κ2) is 10.0. The second-order valence-corrected chi connectivity index (χ2v) is 9.26. The number of aromatic amines is 1. The number of nitrogens with one attached hydrogen (secondary N) is 1. The number of benzene rings is 1. The topological polar surface area (TPSA) is 96.8 Å². The lowest BCUT2D eigenvalue weighted by molar-refractivity contribution is -0.139. The number of aryl methyl sites for hydroxylation is 1. The second-order valence-electron chi connectivity index (χ2n) is 9.26. The maximum absolute atomic E-state index is 14.8. The SMILES string of the molecule is O=c1[nH]ncc(N2CCC2CCCn2ccc3cc(-c4ncc(C(F)(F)F)cn4)c(F)cc3c2=O)c1C(F)(F)F. The van der Waals surface area contributed by atoms with Crippen LogP contribution in [0.15, 0.2) is 52.6 Å². The summed E-state index contributed by atoms with van der Waals surface area (Å²) in [4.78, 5) is 33.4. The minimum atomic E-state index is -4.85. The first kappa shape index (κ1) is 27.3. The molecule has 1 aliphatic heterocycles. The van der Waals surface area contributed by atoms with E-state index in [1.54, 1.807) is 0 Å². The van der Waals surface area contributed by atoms with Crippen LogP contribution in [0, 0.1) is 5.82 Å². The molecule has 8 nitrogen and oxygen atoms in total. The van der Waals surface area contributed by atoms with Gasteiger partial charge in [-0.2, -0.15) is 31.4 Å². The summed E-state index contributed by atoms with van der Waals surface area (Å²) in [5.41, 5.74) is -4.69. The van der Waals surface area contributed by atoms with Gasteiger partial charge in [-0.1, -0.05) is 0 Å². The number of hydrogen-bond acceptors (Lipinski definition) is 6. The molecule has 0 radical (unpaired) electrons. The fraction of sp³-hybridized carbons (Fsp3) is 0.320. The Bertz CT molecular complexity index is 1680. The summed E-state index contributed by atoms with van der Waals surface area (Å²) in [6.45, 7) is 0.517. The van der Waals surface area contributed by atoms with Gasteiger partial charge in [-0.3, -0.25) is 9.59 Å². The Morgan fingerprint density at radius 2 is 1.73 bits per heavy atom. The molecule has 0 amide bonds. The van der Waals surface area contributed by atoms with Crippen molar-refractivity contribution < 1.29 is 30.7 Å². The Kier molecular flexibility index (Phi) is 6.84. The zero-order valence-corrected chi connectivity index (χ0v) is 20.4. The molecule has 5 rings (SSSR count). The van der Waals surface area contributed by atoms with Gasteiger partial charge >= 0.3 is 12.4 Å². The predicted molar refractivity (Wildman–Crippen MR) is 129 cm³/mol. The van der Waals surface area contributed by atoms with Crippen LogP contribution in [-0.2, 0) is 18.9 Å². The number of halogens is 7. The molecule has 1 aromatic carbocycles. The molecule has 40 heavy (non-hydrogen) atoms. The molecule has 0 bridgehead atoms. The number of fused-ring (bicyclic) bond motifs is 1. The van der Waals surface area contributed by atoms with Gasteiger partial charge in [0.25, 0.3) is 11.1 Å². The number of pyridine rings is 1. The summed E-state index contributed by atoms with van der Waals surface area (Å²) in [5.74, 6) is -1.16. The molecule has 1 fully saturated rings. The highest BCUT2D eigenvalue weighted by Gasteiger charge is 2.41. The molecule has 210 valence electrons. The Morgan fingerprint density at radius 1 is 1.00 bits per heavy atom. The number of rotatable bonds is 6. The highest BCUT2D eigenvalue weighted by atomic mass is 19.4. The van der Waals surface area contributed by atoms with E-state index in [1.807, 2.05) is 5.10 Å². The van der Waals surface area contributed by atoms with E-state index in [0.717, 1.165) is 12.3 Å². The normalized spacial score (nSPS) is 15.9. The van der Waals surface area contributed by atoms with Crippen LogP contribution >= 0.6 is 0 Å². The van der Waals surface area contributed by atoms with Gasteiger partial charge < -0.3 is 9.47 Å². The summed E-state index contributed by atoms with van der Waals surface area (Å²) in [7, 11) is 0. The minimum Gasteiger partial charge on any atom is -0.366 e. The molecule has 3 aromatic heterocycles. The van der Waals surface area contributed by atoms with Crippen molar-refractivity contribution in [2.45, 2.75) is 44.2 Å². The zero-order chi connectivity index (χ0) is 28.8. The van der Waals surface area contributed by atoms with Gasteiger partial charge in [0.05, 0.1) is 28.4 Å². The average molecular weight is 568 g/mol. The summed E-state index contributed by atoms with van der Waals surface area (Å²) >= 11 is 0. The molecule has 4 aromatic rings. The van der Waals surface area contributed by atoms with E-state index in [4.69, 9.17) is 0 Å². The molecule has 1 N–H and O–H groups in total. The van der Waals surface area contributed by atoms with Crippen molar-refractivity contribution in [3.05, 3.63) is 80.6 Å². The lowest BCUT2D eigenvalue weighted by atomic mass is 9.96. The first-order valence-electron chi connectivity index (χ1n) is 12.0. The van der Waals surface area contributed by atoms with E-state index in [1.165, 1.54) is 27.8 Å². The third kappa shape index (κ3) is 5.14. The average Bonchev–Trinajstić information content (AvgIpc) is 2.86. The van der Waals surface area contributed by atoms with Gasteiger partial charge in [-0.05, 0) is 42.8 Å². The number of hydrogen-bond donors (Lipinski definition) is 1. The van der Waals surface area contributed by atoms with Crippen LogP contribution in [0.25, 0.3) is 22.2 Å². The van der Waals surface area contributed by atoms with Gasteiger partial charge in [0.15, 0.2) is 5.82 Å². The van der Waals surface area contributed by atoms with Gasteiger partial charge in [-0.15, -0.1) is 0 Å². The Labute approximate surface area is 220 Å². The lowest BCUT2D eigenvalue weighted by Gasteiger charge is -2.43. The summed E-state index contributed by atoms with van der Waals surface area (Å²) in [5, 5.41) is 5.67. The van der Waals surface area contributed by atoms with Crippen LogP contribution in [0.3, 0.4) is 0 Å². The Morgan fingerprint density at radius 3 is 2.35 bits per heavy atom. The maximum Gasteiger partial charge on any atom is 0.423 e. The zero-order valence-electron chi connectivity index (χ0n) is 20.4. The Balaban J connectivity index is 1.31. The van der Waals surface area contributed by atoms with Gasteiger partial charge in [0, 0.05) is 37.7 Å². The molecule has 1 aliphatic rings. The molecular weight excluding hydrogens is 549 g/mol.